The quantitative estimate of drug-likeness (QED) is 0.582. The number of halogens is 2. The molecule has 2 aromatic rings. The van der Waals surface area contributed by atoms with Crippen molar-refractivity contribution in [2.24, 2.45) is 0 Å². The summed E-state index contributed by atoms with van der Waals surface area (Å²) in [7, 11) is 1.53. The molecule has 0 radical (unpaired) electrons. The van der Waals surface area contributed by atoms with Gasteiger partial charge in [-0.2, -0.15) is 0 Å². The van der Waals surface area contributed by atoms with E-state index in [-0.39, 0.29) is 35.1 Å². The third-order valence-corrected chi connectivity index (χ3v) is 5.14. The van der Waals surface area contributed by atoms with Crippen LogP contribution in [0.25, 0.3) is 0 Å². The molecule has 0 saturated heterocycles. The van der Waals surface area contributed by atoms with Crippen LogP contribution in [-0.2, 0) is 14.3 Å². The Balaban J connectivity index is 1.92. The minimum atomic E-state index is -0.818. The van der Waals surface area contributed by atoms with E-state index >= 15 is 0 Å². The van der Waals surface area contributed by atoms with Crippen molar-refractivity contribution in [1.29, 1.82) is 0 Å². The molecule has 2 aromatic carbocycles. The SMILES string of the molecule is CCOC(=O)C1=C(COC(=O)c2ccc(Cl)cc2Cl)NC(=O)NC1c1ccc(OC)cc1. The third kappa shape index (κ3) is 5.33. The average Bonchev–Trinajstić information content (AvgIpc) is 2.77. The first-order valence-corrected chi connectivity index (χ1v) is 10.3. The Kier molecular flexibility index (Phi) is 7.61. The maximum atomic E-state index is 12.8. The molecule has 32 heavy (non-hydrogen) atoms. The van der Waals surface area contributed by atoms with Crippen molar-refractivity contribution in [2.45, 2.75) is 13.0 Å². The summed E-state index contributed by atoms with van der Waals surface area (Å²) >= 11 is 11.9. The van der Waals surface area contributed by atoms with Gasteiger partial charge in [-0.15, -0.1) is 0 Å². The van der Waals surface area contributed by atoms with E-state index in [0.717, 1.165) is 0 Å². The second kappa shape index (κ2) is 10.4. The number of benzene rings is 2. The van der Waals surface area contributed by atoms with Gasteiger partial charge in [0.1, 0.15) is 12.4 Å². The summed E-state index contributed by atoms with van der Waals surface area (Å²) in [5.74, 6) is -0.780. The highest BCUT2D eigenvalue weighted by Crippen LogP contribution is 2.29. The first-order chi connectivity index (χ1) is 15.3. The van der Waals surface area contributed by atoms with Gasteiger partial charge in [-0.3, -0.25) is 0 Å². The number of ether oxygens (including phenoxy) is 3. The second-order valence-corrected chi connectivity index (χ2v) is 7.46. The summed E-state index contributed by atoms with van der Waals surface area (Å²) < 4.78 is 15.7. The van der Waals surface area contributed by atoms with Gasteiger partial charge in [-0.05, 0) is 42.8 Å². The molecule has 1 heterocycles. The fourth-order valence-corrected chi connectivity index (χ4v) is 3.58. The first kappa shape index (κ1) is 23.4. The maximum Gasteiger partial charge on any atom is 0.340 e. The third-order valence-electron chi connectivity index (χ3n) is 4.60. The van der Waals surface area contributed by atoms with Crippen molar-refractivity contribution < 1.29 is 28.6 Å². The lowest BCUT2D eigenvalue weighted by Gasteiger charge is -2.29. The maximum absolute atomic E-state index is 12.8. The van der Waals surface area contributed by atoms with Gasteiger partial charge < -0.3 is 24.8 Å². The summed E-state index contributed by atoms with van der Waals surface area (Å²) in [6.07, 6.45) is 0. The monoisotopic (exact) mass is 478 g/mol. The lowest BCUT2D eigenvalue weighted by atomic mass is 9.95. The molecule has 10 heteroatoms. The number of rotatable bonds is 7. The number of urea groups is 1. The van der Waals surface area contributed by atoms with E-state index in [0.29, 0.717) is 16.3 Å². The van der Waals surface area contributed by atoms with Crippen molar-refractivity contribution in [3.8, 4) is 5.75 Å². The molecule has 3 rings (SSSR count). The highest BCUT2D eigenvalue weighted by molar-refractivity contribution is 6.36. The van der Waals surface area contributed by atoms with Gasteiger partial charge >= 0.3 is 18.0 Å². The number of hydrogen-bond donors (Lipinski definition) is 2. The zero-order valence-corrected chi connectivity index (χ0v) is 18.8. The van der Waals surface area contributed by atoms with Crippen LogP contribution in [-0.4, -0.2) is 38.3 Å². The molecular formula is C22H20Cl2N2O6. The molecule has 8 nitrogen and oxygen atoms in total. The molecule has 0 bridgehead atoms. The normalized spacial score (nSPS) is 15.5. The molecule has 2 amide bonds. The predicted molar refractivity (Wildman–Crippen MR) is 118 cm³/mol. The summed E-state index contributed by atoms with van der Waals surface area (Å²) in [5, 5.41) is 5.72. The number of nitrogens with one attached hydrogen (secondary N) is 2. The van der Waals surface area contributed by atoms with E-state index < -0.39 is 24.0 Å². The highest BCUT2D eigenvalue weighted by Gasteiger charge is 2.34. The van der Waals surface area contributed by atoms with E-state index in [9.17, 15) is 14.4 Å². The topological polar surface area (TPSA) is 103 Å². The van der Waals surface area contributed by atoms with Gasteiger partial charge in [0, 0.05) is 5.02 Å². The van der Waals surface area contributed by atoms with Gasteiger partial charge in [0.25, 0.3) is 0 Å². The fraction of sp³-hybridized carbons (Fsp3) is 0.227. The molecule has 0 aromatic heterocycles. The minimum absolute atomic E-state index is 0.0984. The summed E-state index contributed by atoms with van der Waals surface area (Å²) in [6, 6.07) is 9.79. The van der Waals surface area contributed by atoms with Gasteiger partial charge in [0.15, 0.2) is 0 Å². The molecule has 0 aliphatic carbocycles. The molecule has 1 aliphatic heterocycles. The Morgan fingerprint density at radius 3 is 2.38 bits per heavy atom. The summed E-state index contributed by atoms with van der Waals surface area (Å²) in [4.78, 5) is 37.6. The number of hydrogen-bond acceptors (Lipinski definition) is 6. The fourth-order valence-electron chi connectivity index (χ4n) is 3.10. The van der Waals surface area contributed by atoms with Crippen LogP contribution < -0.4 is 15.4 Å². The van der Waals surface area contributed by atoms with Crippen molar-refractivity contribution in [3.63, 3.8) is 0 Å². The molecule has 2 N–H and O–H groups in total. The molecule has 168 valence electrons. The van der Waals surface area contributed by atoms with Crippen LogP contribution in [0.5, 0.6) is 5.75 Å². The van der Waals surface area contributed by atoms with Crippen LogP contribution in [0.3, 0.4) is 0 Å². The lowest BCUT2D eigenvalue weighted by Crippen LogP contribution is -2.47. The lowest BCUT2D eigenvalue weighted by molar-refractivity contribution is -0.139. The number of carbonyl (C=O) groups excluding carboxylic acids is 3. The van der Waals surface area contributed by atoms with Gasteiger partial charge in [0.05, 0.1) is 41.6 Å². The summed E-state index contributed by atoms with van der Waals surface area (Å²) in [6.45, 7) is 1.41. The standard InChI is InChI=1S/C22H20Cl2N2O6/c1-3-31-21(28)18-17(11-32-20(27)15-9-6-13(23)10-16(15)24)25-22(29)26-19(18)12-4-7-14(30-2)8-5-12/h4-10,19H,3,11H2,1-2H3,(H2,25,26,29). The summed E-state index contributed by atoms with van der Waals surface area (Å²) in [5.41, 5.74) is 0.938. The van der Waals surface area contributed by atoms with Crippen molar-refractivity contribution >= 4 is 41.2 Å². The van der Waals surface area contributed by atoms with Gasteiger partial charge in [-0.1, -0.05) is 35.3 Å². The highest BCUT2D eigenvalue weighted by atomic mass is 35.5. The first-order valence-electron chi connectivity index (χ1n) is 9.57. The number of carbonyl (C=O) groups is 3. The van der Waals surface area contributed by atoms with Crippen molar-refractivity contribution in [3.05, 3.63) is 74.9 Å². The van der Waals surface area contributed by atoms with Crippen molar-refractivity contribution in [2.75, 3.05) is 20.3 Å². The number of methoxy groups -OCH3 is 1. The molecule has 1 atom stereocenters. The molecule has 0 spiro atoms. The van der Waals surface area contributed by atoms with Crippen LogP contribution in [0.4, 0.5) is 4.79 Å². The predicted octanol–water partition coefficient (Wildman–Crippen LogP) is 4.03. The van der Waals surface area contributed by atoms with E-state index in [1.54, 1.807) is 31.2 Å². The molecule has 1 aliphatic rings. The molecular weight excluding hydrogens is 459 g/mol. The van der Waals surface area contributed by atoms with Crippen LogP contribution >= 0.6 is 23.2 Å². The van der Waals surface area contributed by atoms with Gasteiger partial charge in [0.2, 0.25) is 0 Å². The van der Waals surface area contributed by atoms with Gasteiger partial charge in [-0.25, -0.2) is 14.4 Å². The Labute approximate surface area is 194 Å². The van der Waals surface area contributed by atoms with Crippen LogP contribution in [0, 0.1) is 0 Å². The Bertz CT molecular complexity index is 1070. The second-order valence-electron chi connectivity index (χ2n) is 6.62. The Morgan fingerprint density at radius 2 is 1.75 bits per heavy atom. The van der Waals surface area contributed by atoms with Crippen molar-refractivity contribution in [1.82, 2.24) is 10.6 Å². The van der Waals surface area contributed by atoms with E-state index in [2.05, 4.69) is 10.6 Å². The largest absolute Gasteiger partial charge is 0.497 e. The number of esters is 2. The van der Waals surface area contributed by atoms with Crippen LogP contribution in [0.1, 0.15) is 28.9 Å². The van der Waals surface area contributed by atoms with Crippen LogP contribution in [0.15, 0.2) is 53.7 Å². The molecule has 0 saturated carbocycles. The Morgan fingerprint density at radius 1 is 1.03 bits per heavy atom. The molecule has 1 unspecified atom stereocenters. The number of amides is 2. The Hall–Kier alpha value is -3.23. The average molecular weight is 479 g/mol. The zero-order valence-electron chi connectivity index (χ0n) is 17.2. The van der Waals surface area contributed by atoms with E-state index in [4.69, 9.17) is 37.4 Å². The van der Waals surface area contributed by atoms with Crippen LogP contribution in [0.2, 0.25) is 10.0 Å². The molecule has 0 fully saturated rings. The zero-order chi connectivity index (χ0) is 23.3. The minimum Gasteiger partial charge on any atom is -0.497 e. The smallest absolute Gasteiger partial charge is 0.340 e. The van der Waals surface area contributed by atoms with E-state index in [1.807, 2.05) is 0 Å². The van der Waals surface area contributed by atoms with E-state index in [1.165, 1.54) is 25.3 Å².